The van der Waals surface area contributed by atoms with Crippen LogP contribution in [-0.2, 0) is 6.18 Å². The first-order valence-electron chi connectivity index (χ1n) is 6.98. The number of hydrogen-bond donors (Lipinski definition) is 1. The third kappa shape index (κ3) is 2.78. The largest absolute Gasteiger partial charge is 0.416 e. The van der Waals surface area contributed by atoms with E-state index in [1.54, 1.807) is 35.4 Å². The lowest BCUT2D eigenvalue weighted by atomic mass is 9.97. The van der Waals surface area contributed by atoms with E-state index < -0.39 is 23.9 Å². The van der Waals surface area contributed by atoms with Crippen LogP contribution in [0, 0.1) is 0 Å². The summed E-state index contributed by atoms with van der Waals surface area (Å²) in [5.74, 6) is 0.570. The highest BCUT2D eigenvalue weighted by molar-refractivity contribution is 5.46. The molecule has 22 heavy (non-hydrogen) atoms. The molecule has 1 aliphatic heterocycles. The molecule has 116 valence electrons. The molecular weight excluding hydrogens is 293 g/mol. The molecule has 2 atom stereocenters. The molecule has 1 saturated heterocycles. The summed E-state index contributed by atoms with van der Waals surface area (Å²) in [4.78, 5) is 5.93. The predicted molar refractivity (Wildman–Crippen MR) is 76.4 cm³/mol. The van der Waals surface area contributed by atoms with Crippen LogP contribution in [-0.4, -0.2) is 22.7 Å². The number of anilines is 1. The fraction of sp³-hybridized carbons (Fsp3) is 0.312. The van der Waals surface area contributed by atoms with Crippen molar-refractivity contribution < 1.29 is 18.3 Å². The van der Waals surface area contributed by atoms with Crippen molar-refractivity contribution >= 4 is 5.82 Å². The highest BCUT2D eigenvalue weighted by atomic mass is 19.4. The van der Waals surface area contributed by atoms with Gasteiger partial charge in [-0.15, -0.1) is 0 Å². The van der Waals surface area contributed by atoms with Crippen molar-refractivity contribution in [3.8, 4) is 0 Å². The average molecular weight is 308 g/mol. The highest BCUT2D eigenvalue weighted by Crippen LogP contribution is 2.41. The first-order chi connectivity index (χ1) is 10.5. The van der Waals surface area contributed by atoms with Gasteiger partial charge in [0.2, 0.25) is 0 Å². The molecule has 1 aliphatic rings. The van der Waals surface area contributed by atoms with E-state index in [1.165, 1.54) is 12.1 Å². The van der Waals surface area contributed by atoms with Crippen LogP contribution in [0.5, 0.6) is 0 Å². The van der Waals surface area contributed by atoms with E-state index in [0.29, 0.717) is 5.82 Å². The number of halogens is 3. The number of pyridine rings is 1. The lowest BCUT2D eigenvalue weighted by Crippen LogP contribution is -2.26. The molecule has 1 aromatic heterocycles. The van der Waals surface area contributed by atoms with Crippen LogP contribution >= 0.6 is 0 Å². The molecule has 0 spiro atoms. The summed E-state index contributed by atoms with van der Waals surface area (Å²) in [7, 11) is 0. The van der Waals surface area contributed by atoms with Gasteiger partial charge in [-0.25, -0.2) is 4.98 Å². The lowest BCUT2D eigenvalue weighted by molar-refractivity contribution is -0.138. The maximum atomic E-state index is 13.2. The monoisotopic (exact) mass is 308 g/mol. The Morgan fingerprint density at radius 1 is 1.09 bits per heavy atom. The van der Waals surface area contributed by atoms with Gasteiger partial charge in [0.05, 0.1) is 17.7 Å². The maximum Gasteiger partial charge on any atom is 0.416 e. The molecule has 2 unspecified atom stereocenters. The van der Waals surface area contributed by atoms with Crippen molar-refractivity contribution in [2.45, 2.75) is 24.7 Å². The predicted octanol–water partition coefficient (Wildman–Crippen LogP) is 3.41. The normalized spacial score (nSPS) is 22.1. The fourth-order valence-corrected chi connectivity index (χ4v) is 2.93. The van der Waals surface area contributed by atoms with Crippen molar-refractivity contribution in [3.63, 3.8) is 0 Å². The van der Waals surface area contributed by atoms with E-state index in [2.05, 4.69) is 4.98 Å². The first kappa shape index (κ1) is 14.8. The number of aliphatic hydroxyl groups excluding tert-OH is 1. The number of aromatic nitrogens is 1. The molecule has 0 amide bonds. The zero-order valence-corrected chi connectivity index (χ0v) is 11.7. The van der Waals surface area contributed by atoms with Gasteiger partial charge in [-0.2, -0.15) is 13.2 Å². The number of rotatable bonds is 2. The number of aliphatic hydroxyl groups is 1. The van der Waals surface area contributed by atoms with Gasteiger partial charge < -0.3 is 10.0 Å². The summed E-state index contributed by atoms with van der Waals surface area (Å²) in [5.41, 5.74) is -0.479. The van der Waals surface area contributed by atoms with Crippen LogP contribution in [0.15, 0.2) is 48.7 Å². The average Bonchev–Trinajstić information content (AvgIpc) is 2.89. The van der Waals surface area contributed by atoms with E-state index in [4.69, 9.17) is 0 Å². The van der Waals surface area contributed by atoms with Crippen LogP contribution in [0.1, 0.15) is 23.6 Å². The van der Waals surface area contributed by atoms with E-state index >= 15 is 0 Å². The van der Waals surface area contributed by atoms with Gasteiger partial charge >= 0.3 is 6.18 Å². The minimum atomic E-state index is -4.42. The van der Waals surface area contributed by atoms with Crippen molar-refractivity contribution in [3.05, 3.63) is 59.8 Å². The molecule has 3 nitrogen and oxygen atoms in total. The molecule has 1 fully saturated rings. The van der Waals surface area contributed by atoms with Gasteiger partial charge in [-0.3, -0.25) is 0 Å². The number of alkyl halides is 3. The van der Waals surface area contributed by atoms with Crippen LogP contribution in [0.3, 0.4) is 0 Å². The number of β-amino-alcohol motifs (C(OH)–C–C–N with tert-alkyl or cyclic N) is 1. The fourth-order valence-electron chi connectivity index (χ4n) is 2.93. The quantitative estimate of drug-likeness (QED) is 0.923. The van der Waals surface area contributed by atoms with Crippen LogP contribution in [0.4, 0.5) is 19.0 Å². The van der Waals surface area contributed by atoms with Crippen molar-refractivity contribution in [2.75, 3.05) is 11.4 Å². The number of hydrogen-bond acceptors (Lipinski definition) is 3. The Labute approximate surface area is 126 Å². The Morgan fingerprint density at radius 2 is 1.82 bits per heavy atom. The summed E-state index contributed by atoms with van der Waals surface area (Å²) >= 11 is 0. The SMILES string of the molecule is OC1CC(c2ccccc2C(F)(F)F)N(c2ccccn2)C1. The Bertz CT molecular complexity index is 645. The number of benzene rings is 1. The molecule has 0 aliphatic carbocycles. The van der Waals surface area contributed by atoms with Gasteiger partial charge in [0.1, 0.15) is 5.82 Å². The Morgan fingerprint density at radius 3 is 2.50 bits per heavy atom. The standard InChI is InChI=1S/C16H15F3N2O/c17-16(18,19)13-6-2-1-5-12(13)14-9-11(22)10-21(14)15-7-3-4-8-20-15/h1-8,11,14,22H,9-10H2. The Kier molecular flexibility index (Phi) is 3.78. The molecule has 2 aromatic rings. The zero-order valence-electron chi connectivity index (χ0n) is 11.7. The molecular formula is C16H15F3N2O. The minimum Gasteiger partial charge on any atom is -0.391 e. The highest BCUT2D eigenvalue weighted by Gasteiger charge is 2.40. The van der Waals surface area contributed by atoms with Gasteiger partial charge in [-0.1, -0.05) is 24.3 Å². The summed E-state index contributed by atoms with van der Waals surface area (Å²) in [6.07, 6.45) is -3.25. The van der Waals surface area contributed by atoms with Crippen molar-refractivity contribution in [1.29, 1.82) is 0 Å². The second-order valence-corrected chi connectivity index (χ2v) is 5.33. The van der Waals surface area contributed by atoms with Gasteiger partial charge in [-0.05, 0) is 30.2 Å². The second kappa shape index (κ2) is 5.61. The first-order valence-corrected chi connectivity index (χ1v) is 6.98. The summed E-state index contributed by atoms with van der Waals surface area (Å²) in [6.45, 7) is 0.272. The van der Waals surface area contributed by atoms with Crippen LogP contribution < -0.4 is 4.90 Å². The molecule has 1 aromatic carbocycles. The van der Waals surface area contributed by atoms with Gasteiger partial charge in [0, 0.05) is 12.7 Å². The number of nitrogens with zero attached hydrogens (tertiary/aromatic N) is 2. The van der Waals surface area contributed by atoms with Crippen molar-refractivity contribution in [2.24, 2.45) is 0 Å². The summed E-state index contributed by atoms with van der Waals surface area (Å²) < 4.78 is 39.7. The molecule has 3 rings (SSSR count). The van der Waals surface area contributed by atoms with E-state index in [0.717, 1.165) is 6.07 Å². The Balaban J connectivity index is 2.03. The molecule has 6 heteroatoms. The van der Waals surface area contributed by atoms with E-state index in [1.807, 2.05) is 0 Å². The zero-order chi connectivity index (χ0) is 15.7. The molecule has 0 bridgehead atoms. The van der Waals surface area contributed by atoms with Crippen molar-refractivity contribution in [1.82, 2.24) is 4.98 Å². The third-order valence-electron chi connectivity index (χ3n) is 3.85. The molecule has 1 N–H and O–H groups in total. The smallest absolute Gasteiger partial charge is 0.391 e. The van der Waals surface area contributed by atoms with Crippen LogP contribution in [0.25, 0.3) is 0 Å². The summed E-state index contributed by atoms with van der Waals surface area (Å²) in [5, 5.41) is 9.94. The topological polar surface area (TPSA) is 36.4 Å². The molecule has 2 heterocycles. The van der Waals surface area contributed by atoms with Gasteiger partial charge in [0.15, 0.2) is 0 Å². The lowest BCUT2D eigenvalue weighted by Gasteiger charge is -2.27. The van der Waals surface area contributed by atoms with E-state index in [9.17, 15) is 18.3 Å². The third-order valence-corrected chi connectivity index (χ3v) is 3.85. The minimum absolute atomic E-state index is 0.178. The molecule has 0 radical (unpaired) electrons. The second-order valence-electron chi connectivity index (χ2n) is 5.33. The summed E-state index contributed by atoms with van der Waals surface area (Å²) in [6, 6.07) is 10.2. The molecule has 0 saturated carbocycles. The van der Waals surface area contributed by atoms with Gasteiger partial charge in [0.25, 0.3) is 0 Å². The van der Waals surface area contributed by atoms with Crippen LogP contribution in [0.2, 0.25) is 0 Å². The van der Waals surface area contributed by atoms with E-state index in [-0.39, 0.29) is 18.5 Å². The maximum absolute atomic E-state index is 13.2. The Hall–Kier alpha value is -2.08.